The number of nitrogens with one attached hydrogen (secondary N) is 1. The van der Waals surface area contributed by atoms with Gasteiger partial charge in [-0.05, 0) is 42.8 Å². The Balaban J connectivity index is 2.35. The molecule has 17 heavy (non-hydrogen) atoms. The van der Waals surface area contributed by atoms with Crippen LogP contribution in [0.25, 0.3) is 0 Å². The van der Waals surface area contributed by atoms with Crippen molar-refractivity contribution < 1.29 is 4.39 Å². The van der Waals surface area contributed by atoms with Gasteiger partial charge in [0.25, 0.3) is 0 Å². The Hall–Kier alpha value is -1.74. The summed E-state index contributed by atoms with van der Waals surface area (Å²) in [5, 5.41) is 3.81. The highest BCUT2D eigenvalue weighted by atomic mass is 35.5. The average Bonchev–Trinajstić information content (AvgIpc) is 2.28. The molecule has 0 heterocycles. The van der Waals surface area contributed by atoms with Crippen LogP contribution in [0.3, 0.4) is 0 Å². The lowest BCUT2D eigenvalue weighted by molar-refractivity contribution is 0.628. The molecule has 0 aromatic heterocycles. The molecule has 0 aliphatic carbocycles. The fraction of sp³-hybridized carbons (Fsp3) is 0.0769. The van der Waals surface area contributed by atoms with Gasteiger partial charge < -0.3 is 11.1 Å². The molecule has 0 atom stereocenters. The van der Waals surface area contributed by atoms with Gasteiger partial charge in [-0.3, -0.25) is 0 Å². The zero-order valence-electron chi connectivity index (χ0n) is 9.30. The Morgan fingerprint density at radius 1 is 1.18 bits per heavy atom. The first-order valence-electron chi connectivity index (χ1n) is 5.15. The third kappa shape index (κ3) is 2.50. The summed E-state index contributed by atoms with van der Waals surface area (Å²) in [5.74, 6) is -0.351. The monoisotopic (exact) mass is 250 g/mol. The smallest absolute Gasteiger partial charge is 0.125 e. The molecule has 0 aliphatic rings. The van der Waals surface area contributed by atoms with Gasteiger partial charge in [0.15, 0.2) is 0 Å². The van der Waals surface area contributed by atoms with Gasteiger partial charge in [-0.1, -0.05) is 17.7 Å². The van der Waals surface area contributed by atoms with Crippen LogP contribution in [-0.2, 0) is 0 Å². The van der Waals surface area contributed by atoms with E-state index in [1.165, 1.54) is 12.1 Å². The van der Waals surface area contributed by atoms with E-state index >= 15 is 0 Å². The van der Waals surface area contributed by atoms with Gasteiger partial charge in [-0.15, -0.1) is 0 Å². The molecule has 0 fully saturated rings. The van der Waals surface area contributed by atoms with Crippen molar-refractivity contribution in [3.63, 3.8) is 0 Å². The molecule has 0 saturated carbocycles. The van der Waals surface area contributed by atoms with Crippen molar-refractivity contribution >= 4 is 28.7 Å². The number of hydrogen-bond donors (Lipinski definition) is 2. The van der Waals surface area contributed by atoms with Crippen LogP contribution in [0.1, 0.15) is 5.56 Å². The third-order valence-corrected chi connectivity index (χ3v) is 2.96. The third-order valence-electron chi connectivity index (χ3n) is 2.55. The van der Waals surface area contributed by atoms with E-state index in [1.54, 1.807) is 6.07 Å². The number of benzene rings is 2. The highest BCUT2D eigenvalue weighted by molar-refractivity contribution is 6.31. The lowest BCUT2D eigenvalue weighted by atomic mass is 10.2. The number of nitrogens with two attached hydrogens (primary N) is 1. The highest BCUT2D eigenvalue weighted by Crippen LogP contribution is 2.28. The van der Waals surface area contributed by atoms with Gasteiger partial charge in [-0.2, -0.15) is 0 Å². The second kappa shape index (κ2) is 4.63. The Labute approximate surface area is 104 Å². The van der Waals surface area contributed by atoms with Crippen LogP contribution in [0.15, 0.2) is 36.4 Å². The predicted molar refractivity (Wildman–Crippen MR) is 70.3 cm³/mol. The minimum atomic E-state index is -0.351. The maximum atomic E-state index is 12.9. The van der Waals surface area contributed by atoms with Gasteiger partial charge >= 0.3 is 0 Å². The van der Waals surface area contributed by atoms with E-state index < -0.39 is 0 Å². The number of anilines is 3. The van der Waals surface area contributed by atoms with Crippen molar-refractivity contribution in [1.29, 1.82) is 0 Å². The van der Waals surface area contributed by atoms with Crippen molar-refractivity contribution in [3.05, 3.63) is 52.8 Å². The van der Waals surface area contributed by atoms with Crippen LogP contribution < -0.4 is 11.1 Å². The first-order valence-corrected chi connectivity index (χ1v) is 5.53. The molecule has 0 aliphatic heterocycles. The maximum Gasteiger partial charge on any atom is 0.125 e. The van der Waals surface area contributed by atoms with E-state index in [0.29, 0.717) is 16.4 Å². The molecular formula is C13H12ClFN2. The van der Waals surface area contributed by atoms with Crippen molar-refractivity contribution in [3.8, 4) is 0 Å². The summed E-state index contributed by atoms with van der Waals surface area (Å²) in [5.41, 5.74) is 8.54. The van der Waals surface area contributed by atoms with Crippen molar-refractivity contribution in [2.75, 3.05) is 11.1 Å². The van der Waals surface area contributed by atoms with Crippen LogP contribution in [-0.4, -0.2) is 0 Å². The van der Waals surface area contributed by atoms with Crippen LogP contribution in [0.2, 0.25) is 5.02 Å². The summed E-state index contributed by atoms with van der Waals surface area (Å²) in [6.07, 6.45) is 0. The molecule has 2 rings (SSSR count). The van der Waals surface area contributed by atoms with Gasteiger partial charge in [0.05, 0.1) is 11.4 Å². The van der Waals surface area contributed by atoms with Crippen LogP contribution in [0, 0.1) is 12.7 Å². The van der Waals surface area contributed by atoms with Gasteiger partial charge in [-0.25, -0.2) is 4.39 Å². The topological polar surface area (TPSA) is 38.0 Å². The summed E-state index contributed by atoms with van der Waals surface area (Å²) in [6.45, 7) is 1.91. The van der Waals surface area contributed by atoms with Gasteiger partial charge in [0.2, 0.25) is 0 Å². The number of nitrogen functional groups attached to an aromatic ring is 1. The molecule has 88 valence electrons. The molecule has 0 radical (unpaired) electrons. The Bertz CT molecular complexity index is 555. The second-order valence-corrected chi connectivity index (χ2v) is 4.18. The Kier molecular flexibility index (Phi) is 3.20. The quantitative estimate of drug-likeness (QED) is 0.787. The summed E-state index contributed by atoms with van der Waals surface area (Å²) < 4.78 is 12.9. The lowest BCUT2D eigenvalue weighted by Crippen LogP contribution is -1.98. The minimum absolute atomic E-state index is 0.351. The lowest BCUT2D eigenvalue weighted by Gasteiger charge is -2.12. The molecule has 2 aromatic carbocycles. The number of rotatable bonds is 2. The number of halogens is 2. The first kappa shape index (κ1) is 11.7. The molecule has 0 bridgehead atoms. The SMILES string of the molecule is Cc1c(Cl)cccc1Nc1ccc(F)cc1N. The van der Waals surface area contributed by atoms with E-state index in [2.05, 4.69) is 5.32 Å². The van der Waals surface area contributed by atoms with Gasteiger partial charge in [0.1, 0.15) is 5.82 Å². The average molecular weight is 251 g/mol. The molecule has 4 heteroatoms. The largest absolute Gasteiger partial charge is 0.397 e. The van der Waals surface area contributed by atoms with Crippen LogP contribution >= 0.6 is 11.6 Å². The first-order chi connectivity index (χ1) is 8.08. The van der Waals surface area contributed by atoms with Crippen LogP contribution in [0.4, 0.5) is 21.5 Å². The van der Waals surface area contributed by atoms with E-state index in [-0.39, 0.29) is 5.82 Å². The van der Waals surface area contributed by atoms with E-state index in [4.69, 9.17) is 17.3 Å². The zero-order chi connectivity index (χ0) is 12.4. The standard InChI is InChI=1S/C13H12ClFN2/c1-8-10(14)3-2-4-12(8)17-13-6-5-9(15)7-11(13)16/h2-7,17H,16H2,1H3. The molecule has 2 nitrogen and oxygen atoms in total. The highest BCUT2D eigenvalue weighted by Gasteiger charge is 2.05. The predicted octanol–water partition coefficient (Wildman–Crippen LogP) is 4.11. The molecule has 0 spiro atoms. The second-order valence-electron chi connectivity index (χ2n) is 3.77. The summed E-state index contributed by atoms with van der Waals surface area (Å²) in [6, 6.07) is 9.79. The Morgan fingerprint density at radius 3 is 2.65 bits per heavy atom. The molecule has 2 aromatic rings. The molecule has 0 amide bonds. The molecule has 0 unspecified atom stereocenters. The maximum absolute atomic E-state index is 12.9. The van der Waals surface area contributed by atoms with E-state index in [0.717, 1.165) is 11.3 Å². The van der Waals surface area contributed by atoms with E-state index in [1.807, 2.05) is 25.1 Å². The normalized spacial score (nSPS) is 10.3. The summed E-state index contributed by atoms with van der Waals surface area (Å²) in [4.78, 5) is 0. The fourth-order valence-electron chi connectivity index (χ4n) is 1.54. The van der Waals surface area contributed by atoms with Crippen LogP contribution in [0.5, 0.6) is 0 Å². The van der Waals surface area contributed by atoms with E-state index in [9.17, 15) is 4.39 Å². The summed E-state index contributed by atoms with van der Waals surface area (Å²) >= 11 is 6.01. The summed E-state index contributed by atoms with van der Waals surface area (Å²) in [7, 11) is 0. The van der Waals surface area contributed by atoms with Crippen molar-refractivity contribution in [1.82, 2.24) is 0 Å². The molecule has 0 saturated heterocycles. The van der Waals surface area contributed by atoms with Crippen molar-refractivity contribution in [2.45, 2.75) is 6.92 Å². The minimum Gasteiger partial charge on any atom is -0.397 e. The Morgan fingerprint density at radius 2 is 1.94 bits per heavy atom. The molecular weight excluding hydrogens is 239 g/mol. The number of hydrogen-bond acceptors (Lipinski definition) is 2. The van der Waals surface area contributed by atoms with Gasteiger partial charge in [0, 0.05) is 10.7 Å². The van der Waals surface area contributed by atoms with Crippen molar-refractivity contribution in [2.24, 2.45) is 0 Å². The zero-order valence-corrected chi connectivity index (χ0v) is 10.1. The molecule has 3 N–H and O–H groups in total. The fourth-order valence-corrected chi connectivity index (χ4v) is 1.71.